The van der Waals surface area contributed by atoms with Gasteiger partial charge >= 0.3 is 5.97 Å². The van der Waals surface area contributed by atoms with Gasteiger partial charge in [-0.25, -0.2) is 4.79 Å². The van der Waals surface area contributed by atoms with Gasteiger partial charge in [0.25, 0.3) is 0 Å². The topological polar surface area (TPSA) is 39.2 Å². The Bertz CT molecular complexity index is 816. The van der Waals surface area contributed by atoms with E-state index in [1.807, 2.05) is 42.5 Å². The molecule has 0 spiro atoms. The van der Waals surface area contributed by atoms with Gasteiger partial charge in [-0.2, -0.15) is 0 Å². The van der Waals surface area contributed by atoms with Crippen LogP contribution in [-0.4, -0.2) is 18.1 Å². The zero-order valence-electron chi connectivity index (χ0n) is 11.3. The Kier molecular flexibility index (Phi) is 3.59. The zero-order chi connectivity index (χ0) is 14.8. The van der Waals surface area contributed by atoms with Gasteiger partial charge in [0.15, 0.2) is 0 Å². The molecule has 0 atom stereocenters. The fraction of sp³-hybridized carbons (Fsp3) is 0.0588. The highest BCUT2D eigenvalue weighted by Crippen LogP contribution is 2.37. The highest BCUT2D eigenvalue weighted by molar-refractivity contribution is 6.38. The normalized spacial score (nSPS) is 10.6. The Morgan fingerprint density at radius 2 is 1.90 bits per heavy atom. The second kappa shape index (κ2) is 5.54. The number of esters is 1. The molecular weight excluding hydrogens is 286 g/mol. The summed E-state index contributed by atoms with van der Waals surface area (Å²) in [6.45, 7) is 0. The van der Waals surface area contributed by atoms with Crippen molar-refractivity contribution in [1.29, 1.82) is 0 Å². The number of benzene rings is 2. The highest BCUT2D eigenvalue weighted by Gasteiger charge is 2.19. The number of ether oxygens (including phenoxy) is 1. The molecule has 0 saturated heterocycles. The summed E-state index contributed by atoms with van der Waals surface area (Å²) in [5, 5.41) is 1.21. The Balaban J connectivity index is 2.40. The highest BCUT2D eigenvalue weighted by atomic mass is 35.5. The van der Waals surface area contributed by atoms with Crippen LogP contribution < -0.4 is 0 Å². The van der Waals surface area contributed by atoms with Gasteiger partial charge in [0, 0.05) is 17.1 Å². The summed E-state index contributed by atoms with van der Waals surface area (Å²) in [5.41, 5.74) is 2.77. The number of carbonyl (C=O) groups excluding carboxylic acids is 1. The van der Waals surface area contributed by atoms with E-state index in [2.05, 4.69) is 4.98 Å². The summed E-state index contributed by atoms with van der Waals surface area (Å²) in [4.78, 5) is 16.3. The Hall–Kier alpha value is -2.39. The quantitative estimate of drug-likeness (QED) is 0.660. The predicted molar refractivity (Wildman–Crippen MR) is 83.5 cm³/mol. The van der Waals surface area contributed by atoms with Gasteiger partial charge in [-0.05, 0) is 17.7 Å². The molecule has 1 aromatic heterocycles. The number of aromatic nitrogens is 1. The molecule has 0 aliphatic carbocycles. The molecule has 0 bridgehead atoms. The van der Waals surface area contributed by atoms with Crippen LogP contribution in [0.2, 0.25) is 5.02 Å². The molecule has 2 aromatic carbocycles. The van der Waals surface area contributed by atoms with Crippen molar-refractivity contribution in [2.24, 2.45) is 0 Å². The average molecular weight is 298 g/mol. The van der Waals surface area contributed by atoms with E-state index < -0.39 is 5.97 Å². The van der Waals surface area contributed by atoms with Gasteiger partial charge < -0.3 is 4.74 Å². The molecule has 0 N–H and O–H groups in total. The second-order valence-corrected chi connectivity index (χ2v) is 4.92. The molecule has 1 heterocycles. The maximum absolute atomic E-state index is 11.9. The average Bonchev–Trinajstić information content (AvgIpc) is 2.54. The van der Waals surface area contributed by atoms with Crippen molar-refractivity contribution >= 4 is 28.5 Å². The molecule has 4 heteroatoms. The zero-order valence-corrected chi connectivity index (χ0v) is 12.1. The number of halogens is 1. The molecule has 0 aliphatic heterocycles. The molecule has 0 radical (unpaired) electrons. The molecule has 0 aliphatic rings. The van der Waals surface area contributed by atoms with E-state index >= 15 is 0 Å². The number of hydrogen-bond acceptors (Lipinski definition) is 3. The minimum absolute atomic E-state index is 0.346. The lowest BCUT2D eigenvalue weighted by Gasteiger charge is -2.12. The maximum Gasteiger partial charge on any atom is 0.339 e. The SMILES string of the molecule is COC(=O)c1cc2cccnc2c(-c2ccccc2)c1Cl. The van der Waals surface area contributed by atoms with Crippen LogP contribution in [0, 0.1) is 0 Å². The molecular formula is C17H12ClNO2. The van der Waals surface area contributed by atoms with Gasteiger partial charge in [-0.1, -0.05) is 48.0 Å². The Morgan fingerprint density at radius 3 is 2.62 bits per heavy atom. The minimum atomic E-state index is -0.456. The maximum atomic E-state index is 11.9. The lowest BCUT2D eigenvalue weighted by molar-refractivity contribution is 0.0601. The summed E-state index contributed by atoms with van der Waals surface area (Å²) in [6, 6.07) is 15.1. The fourth-order valence-corrected chi connectivity index (χ4v) is 2.66. The first-order valence-corrected chi connectivity index (χ1v) is 6.81. The largest absolute Gasteiger partial charge is 0.465 e. The van der Waals surface area contributed by atoms with Gasteiger partial charge in [-0.3, -0.25) is 4.98 Å². The first-order chi connectivity index (χ1) is 10.2. The summed E-state index contributed by atoms with van der Waals surface area (Å²) in [5.74, 6) is -0.456. The van der Waals surface area contributed by atoms with E-state index in [4.69, 9.17) is 16.3 Å². The second-order valence-electron chi connectivity index (χ2n) is 4.55. The fourth-order valence-electron chi connectivity index (χ4n) is 2.33. The molecule has 3 aromatic rings. The van der Waals surface area contributed by atoms with Crippen LogP contribution in [0.3, 0.4) is 0 Å². The van der Waals surface area contributed by atoms with Crippen LogP contribution in [0.15, 0.2) is 54.7 Å². The lowest BCUT2D eigenvalue weighted by atomic mass is 9.98. The molecule has 3 nitrogen and oxygen atoms in total. The number of carbonyl (C=O) groups is 1. The molecule has 0 amide bonds. The first-order valence-electron chi connectivity index (χ1n) is 6.43. The third-order valence-electron chi connectivity index (χ3n) is 3.30. The molecule has 3 rings (SSSR count). The van der Waals surface area contributed by atoms with Gasteiger partial charge in [0.1, 0.15) is 0 Å². The van der Waals surface area contributed by atoms with E-state index in [0.717, 1.165) is 22.0 Å². The van der Waals surface area contributed by atoms with Gasteiger partial charge in [0.05, 0.1) is 23.2 Å². The van der Waals surface area contributed by atoms with Crippen LogP contribution in [0.25, 0.3) is 22.0 Å². The predicted octanol–water partition coefficient (Wildman–Crippen LogP) is 4.34. The van der Waals surface area contributed by atoms with E-state index in [1.165, 1.54) is 7.11 Å². The molecule has 0 fully saturated rings. The Morgan fingerprint density at radius 1 is 1.14 bits per heavy atom. The van der Waals surface area contributed by atoms with E-state index in [9.17, 15) is 4.79 Å². The van der Waals surface area contributed by atoms with Crippen LogP contribution in [0.4, 0.5) is 0 Å². The molecule has 21 heavy (non-hydrogen) atoms. The van der Waals surface area contributed by atoms with Crippen molar-refractivity contribution in [1.82, 2.24) is 4.98 Å². The van der Waals surface area contributed by atoms with Crippen molar-refractivity contribution in [3.8, 4) is 11.1 Å². The lowest BCUT2D eigenvalue weighted by Crippen LogP contribution is -2.03. The third-order valence-corrected chi connectivity index (χ3v) is 3.69. The van der Waals surface area contributed by atoms with Crippen LogP contribution in [0.1, 0.15) is 10.4 Å². The molecule has 0 unspecified atom stereocenters. The number of hydrogen-bond donors (Lipinski definition) is 0. The van der Waals surface area contributed by atoms with Gasteiger partial charge in [0.2, 0.25) is 0 Å². The van der Waals surface area contributed by atoms with Crippen molar-refractivity contribution in [2.75, 3.05) is 7.11 Å². The van der Waals surface area contributed by atoms with Crippen LogP contribution >= 0.6 is 11.6 Å². The smallest absolute Gasteiger partial charge is 0.339 e. The number of pyridine rings is 1. The first kappa shape index (κ1) is 13.6. The van der Waals surface area contributed by atoms with Crippen molar-refractivity contribution in [3.05, 3.63) is 65.3 Å². The van der Waals surface area contributed by atoms with Crippen molar-refractivity contribution < 1.29 is 9.53 Å². The number of methoxy groups -OCH3 is 1. The van der Waals surface area contributed by atoms with E-state index in [0.29, 0.717) is 10.6 Å². The number of fused-ring (bicyclic) bond motifs is 1. The standard InChI is InChI=1S/C17H12ClNO2/c1-21-17(20)13-10-12-8-5-9-19-16(12)14(15(13)18)11-6-3-2-4-7-11/h2-10H,1H3. The summed E-state index contributed by atoms with van der Waals surface area (Å²) < 4.78 is 4.81. The van der Waals surface area contributed by atoms with Crippen LogP contribution in [-0.2, 0) is 4.74 Å². The summed E-state index contributed by atoms with van der Waals surface area (Å²) >= 11 is 6.46. The van der Waals surface area contributed by atoms with E-state index in [-0.39, 0.29) is 0 Å². The molecule has 104 valence electrons. The van der Waals surface area contributed by atoms with E-state index in [1.54, 1.807) is 12.3 Å². The van der Waals surface area contributed by atoms with Crippen molar-refractivity contribution in [3.63, 3.8) is 0 Å². The van der Waals surface area contributed by atoms with Gasteiger partial charge in [-0.15, -0.1) is 0 Å². The summed E-state index contributed by atoms with van der Waals surface area (Å²) in [7, 11) is 1.34. The number of nitrogens with zero attached hydrogens (tertiary/aromatic N) is 1. The summed E-state index contributed by atoms with van der Waals surface area (Å²) in [6.07, 6.45) is 1.71. The minimum Gasteiger partial charge on any atom is -0.465 e. The Labute approximate surface area is 127 Å². The molecule has 0 saturated carbocycles. The van der Waals surface area contributed by atoms with Crippen LogP contribution in [0.5, 0.6) is 0 Å². The monoisotopic (exact) mass is 297 g/mol. The number of rotatable bonds is 2. The third kappa shape index (κ3) is 2.36. The van der Waals surface area contributed by atoms with Crippen molar-refractivity contribution in [2.45, 2.75) is 0 Å².